The first kappa shape index (κ1) is 21.3. The molecular formula is C24H24N2O4S. The summed E-state index contributed by atoms with van der Waals surface area (Å²) in [4.78, 5) is 43.8. The summed E-state index contributed by atoms with van der Waals surface area (Å²) < 4.78 is 5.11. The zero-order chi connectivity index (χ0) is 21.8. The van der Waals surface area contributed by atoms with E-state index in [1.54, 1.807) is 24.0 Å². The van der Waals surface area contributed by atoms with Crippen LogP contribution in [0.3, 0.4) is 0 Å². The van der Waals surface area contributed by atoms with Crippen molar-refractivity contribution in [1.29, 1.82) is 0 Å². The van der Waals surface area contributed by atoms with Gasteiger partial charge in [-0.15, -0.1) is 11.8 Å². The van der Waals surface area contributed by atoms with E-state index in [0.717, 1.165) is 24.1 Å². The molecule has 0 saturated carbocycles. The first-order valence-corrected chi connectivity index (χ1v) is 11.3. The van der Waals surface area contributed by atoms with Gasteiger partial charge in [0.1, 0.15) is 0 Å². The lowest BCUT2D eigenvalue weighted by Crippen LogP contribution is -2.42. The molecule has 6 nitrogen and oxygen atoms in total. The molecule has 1 aromatic carbocycles. The van der Waals surface area contributed by atoms with Gasteiger partial charge in [-0.3, -0.25) is 14.4 Å². The third kappa shape index (κ3) is 4.88. The van der Waals surface area contributed by atoms with Crippen molar-refractivity contribution in [3.05, 3.63) is 64.6 Å². The molecule has 2 unspecified atom stereocenters. The summed E-state index contributed by atoms with van der Waals surface area (Å²) in [5.74, 6) is -0.824. The molecule has 1 saturated heterocycles. The van der Waals surface area contributed by atoms with Gasteiger partial charge in [-0.05, 0) is 49.6 Å². The zero-order valence-corrected chi connectivity index (χ0v) is 18.1. The Morgan fingerprint density at radius 3 is 2.84 bits per heavy atom. The van der Waals surface area contributed by atoms with Crippen molar-refractivity contribution in [2.45, 2.75) is 25.0 Å². The Kier molecular flexibility index (Phi) is 6.51. The first-order valence-electron chi connectivity index (χ1n) is 10.5. The molecule has 4 rings (SSSR count). The summed E-state index contributed by atoms with van der Waals surface area (Å²) in [6, 6.07) is 7.19. The zero-order valence-electron chi connectivity index (χ0n) is 17.3. The molecule has 0 N–H and O–H groups in total. The van der Waals surface area contributed by atoms with Crippen LogP contribution in [-0.2, 0) is 14.3 Å². The second-order valence-corrected chi connectivity index (χ2v) is 8.78. The summed E-state index contributed by atoms with van der Waals surface area (Å²) in [6.07, 6.45) is 11.1. The van der Waals surface area contributed by atoms with Crippen molar-refractivity contribution in [2.75, 3.05) is 19.7 Å². The number of rotatable bonds is 4. The fraction of sp³-hybridized carbons (Fsp3) is 0.333. The fourth-order valence-electron chi connectivity index (χ4n) is 3.84. The predicted molar refractivity (Wildman–Crippen MR) is 122 cm³/mol. The lowest BCUT2D eigenvalue weighted by Gasteiger charge is -2.31. The van der Waals surface area contributed by atoms with Crippen LogP contribution in [0.5, 0.6) is 0 Å². The average Bonchev–Trinajstić information content (AvgIpc) is 2.80. The van der Waals surface area contributed by atoms with Crippen LogP contribution in [-0.4, -0.2) is 53.3 Å². The molecular weight excluding hydrogens is 412 g/mol. The van der Waals surface area contributed by atoms with Crippen molar-refractivity contribution >= 4 is 41.3 Å². The Hall–Kier alpha value is -2.93. The van der Waals surface area contributed by atoms with E-state index in [0.29, 0.717) is 30.2 Å². The summed E-state index contributed by atoms with van der Waals surface area (Å²) >= 11 is 1.48. The van der Waals surface area contributed by atoms with Gasteiger partial charge in [0, 0.05) is 18.7 Å². The number of esters is 1. The minimum atomic E-state index is -0.259. The third-order valence-corrected chi connectivity index (χ3v) is 6.63. The molecule has 1 fully saturated rings. The third-order valence-electron chi connectivity index (χ3n) is 5.43. The van der Waals surface area contributed by atoms with E-state index in [-0.39, 0.29) is 29.0 Å². The molecule has 2 aliphatic heterocycles. The Morgan fingerprint density at radius 2 is 2.06 bits per heavy atom. The van der Waals surface area contributed by atoms with Crippen LogP contribution in [0.1, 0.15) is 35.7 Å². The smallest absolute Gasteiger partial charge is 0.310 e. The highest BCUT2D eigenvalue weighted by atomic mass is 32.2. The standard InChI is InChI=1S/C24H24N2O4S/c1-2-30-24(29)18-6-5-13-26(15-18)23(28)17-11-9-16(10-12-17)14-21-22(27)25-19-7-3-4-8-20(19)31-21/h3-4,7-12,14,18,20H,2,5-6,13,15H2,1H3/b21-14+. The van der Waals surface area contributed by atoms with E-state index in [9.17, 15) is 14.4 Å². The molecule has 0 radical (unpaired) electrons. The topological polar surface area (TPSA) is 76.0 Å². The van der Waals surface area contributed by atoms with Crippen LogP contribution in [0.25, 0.3) is 6.08 Å². The van der Waals surface area contributed by atoms with Gasteiger partial charge in [0.05, 0.1) is 28.4 Å². The van der Waals surface area contributed by atoms with Gasteiger partial charge >= 0.3 is 5.97 Å². The van der Waals surface area contributed by atoms with Gasteiger partial charge in [-0.25, -0.2) is 4.99 Å². The number of likely N-dealkylation sites (tertiary alicyclic amines) is 1. The summed E-state index contributed by atoms with van der Waals surface area (Å²) in [5.41, 5.74) is 2.18. The molecule has 0 aromatic heterocycles. The van der Waals surface area contributed by atoms with Crippen LogP contribution in [0.15, 0.2) is 58.5 Å². The molecule has 0 bridgehead atoms. The van der Waals surface area contributed by atoms with Crippen molar-refractivity contribution in [2.24, 2.45) is 10.9 Å². The number of benzene rings is 1. The van der Waals surface area contributed by atoms with Crippen LogP contribution in [0.4, 0.5) is 0 Å². The number of hydrogen-bond donors (Lipinski definition) is 0. The first-order chi connectivity index (χ1) is 15.0. The maximum Gasteiger partial charge on any atom is 0.310 e. The predicted octanol–water partition coefficient (Wildman–Crippen LogP) is 3.65. The van der Waals surface area contributed by atoms with E-state index < -0.39 is 0 Å². The molecule has 3 aliphatic rings. The number of aliphatic imine (C=N–C) groups is 1. The monoisotopic (exact) mass is 436 g/mol. The quantitative estimate of drug-likeness (QED) is 0.532. The average molecular weight is 437 g/mol. The lowest BCUT2D eigenvalue weighted by molar-refractivity contribution is -0.149. The molecule has 31 heavy (non-hydrogen) atoms. The number of allylic oxidation sites excluding steroid dienone is 3. The number of nitrogens with zero attached hydrogens (tertiary/aromatic N) is 2. The maximum absolute atomic E-state index is 12.9. The summed E-state index contributed by atoms with van der Waals surface area (Å²) in [5, 5.41) is 0.0567. The highest BCUT2D eigenvalue weighted by molar-refractivity contribution is 8.05. The Labute approximate surface area is 185 Å². The van der Waals surface area contributed by atoms with Gasteiger partial charge in [0.25, 0.3) is 11.8 Å². The van der Waals surface area contributed by atoms with E-state index in [1.165, 1.54) is 11.8 Å². The van der Waals surface area contributed by atoms with E-state index in [1.807, 2.05) is 42.5 Å². The molecule has 2 heterocycles. The van der Waals surface area contributed by atoms with Gasteiger partial charge < -0.3 is 9.64 Å². The Balaban J connectivity index is 1.44. The summed E-state index contributed by atoms with van der Waals surface area (Å²) in [6.45, 7) is 3.16. The number of carbonyl (C=O) groups is 3. The molecule has 160 valence electrons. The normalized spacial score (nSPS) is 24.0. The highest BCUT2D eigenvalue weighted by Gasteiger charge is 2.30. The van der Waals surface area contributed by atoms with Gasteiger partial charge in [-0.2, -0.15) is 0 Å². The molecule has 2 atom stereocenters. The van der Waals surface area contributed by atoms with E-state index in [2.05, 4.69) is 4.99 Å². The van der Waals surface area contributed by atoms with Crippen LogP contribution >= 0.6 is 11.8 Å². The van der Waals surface area contributed by atoms with Gasteiger partial charge in [0.15, 0.2) is 0 Å². The molecule has 2 amide bonds. The Morgan fingerprint density at radius 1 is 1.26 bits per heavy atom. The summed E-state index contributed by atoms with van der Waals surface area (Å²) in [7, 11) is 0. The van der Waals surface area contributed by atoms with Crippen LogP contribution < -0.4 is 0 Å². The number of fused-ring (bicyclic) bond motifs is 1. The molecule has 1 aromatic rings. The SMILES string of the molecule is CCOC(=O)C1CCCN(C(=O)c2ccc(/C=C3/SC4C=CC=CC4=NC3=O)cc2)C1. The number of amides is 2. The second kappa shape index (κ2) is 9.47. The highest BCUT2D eigenvalue weighted by Crippen LogP contribution is 2.33. The number of thioether (sulfide) groups is 1. The maximum atomic E-state index is 12.9. The van der Waals surface area contributed by atoms with Crippen molar-refractivity contribution < 1.29 is 19.1 Å². The van der Waals surface area contributed by atoms with Gasteiger partial charge in [0.2, 0.25) is 0 Å². The van der Waals surface area contributed by atoms with Crippen LogP contribution in [0, 0.1) is 5.92 Å². The number of ether oxygens (including phenoxy) is 1. The van der Waals surface area contributed by atoms with E-state index in [4.69, 9.17) is 4.74 Å². The minimum absolute atomic E-state index is 0.0567. The second-order valence-electron chi connectivity index (χ2n) is 7.60. The Bertz CT molecular complexity index is 1010. The molecule has 7 heteroatoms. The molecule has 0 spiro atoms. The van der Waals surface area contributed by atoms with Crippen molar-refractivity contribution in [1.82, 2.24) is 4.90 Å². The molecule has 1 aliphatic carbocycles. The van der Waals surface area contributed by atoms with Crippen LogP contribution in [0.2, 0.25) is 0 Å². The minimum Gasteiger partial charge on any atom is -0.466 e. The van der Waals surface area contributed by atoms with E-state index >= 15 is 0 Å². The van der Waals surface area contributed by atoms with Gasteiger partial charge in [-0.1, -0.05) is 30.4 Å². The lowest BCUT2D eigenvalue weighted by atomic mass is 9.97. The van der Waals surface area contributed by atoms with Crippen molar-refractivity contribution in [3.8, 4) is 0 Å². The number of piperidine rings is 1. The number of hydrogen-bond acceptors (Lipinski definition) is 5. The largest absolute Gasteiger partial charge is 0.466 e. The van der Waals surface area contributed by atoms with Crippen molar-refractivity contribution in [3.63, 3.8) is 0 Å². The fourth-order valence-corrected chi connectivity index (χ4v) is 4.88. The number of carbonyl (C=O) groups excluding carboxylic acids is 3.